The summed E-state index contributed by atoms with van der Waals surface area (Å²) in [5.41, 5.74) is 5.60. The van der Waals surface area contributed by atoms with Crippen molar-refractivity contribution in [1.29, 1.82) is 0 Å². The van der Waals surface area contributed by atoms with Crippen LogP contribution in [0.2, 0.25) is 0 Å². The van der Waals surface area contributed by atoms with E-state index in [1.54, 1.807) is 30.3 Å². The Bertz CT molecular complexity index is 700. The van der Waals surface area contributed by atoms with Crippen LogP contribution >= 0.6 is 0 Å². The first kappa shape index (κ1) is 18.4. The van der Waals surface area contributed by atoms with Gasteiger partial charge in [0.05, 0.1) is 16.4 Å². The third-order valence-corrected chi connectivity index (χ3v) is 7.36. The molecule has 1 aromatic carbocycles. The zero-order valence-corrected chi connectivity index (χ0v) is 15.3. The molecule has 1 aliphatic heterocycles. The molecule has 2 aliphatic rings. The third kappa shape index (κ3) is 3.88. The first-order chi connectivity index (χ1) is 12.0. The van der Waals surface area contributed by atoms with Crippen LogP contribution in [0.25, 0.3) is 0 Å². The van der Waals surface area contributed by atoms with Gasteiger partial charge in [-0.1, -0.05) is 31.0 Å². The van der Waals surface area contributed by atoms with E-state index in [0.717, 1.165) is 25.7 Å². The minimum Gasteiger partial charge on any atom is -0.349 e. The number of amides is 1. The smallest absolute Gasteiger partial charge is 0.243 e. The fraction of sp³-hybridized carbons (Fsp3) is 0.611. The number of rotatable bonds is 5. The first-order valence-corrected chi connectivity index (χ1v) is 10.5. The molecule has 3 rings (SSSR count). The summed E-state index contributed by atoms with van der Waals surface area (Å²) in [5.74, 6) is -0.364. The van der Waals surface area contributed by atoms with Crippen LogP contribution in [0, 0.1) is 5.92 Å². The second-order valence-corrected chi connectivity index (χ2v) is 9.13. The molecule has 0 radical (unpaired) electrons. The molecule has 1 unspecified atom stereocenters. The van der Waals surface area contributed by atoms with Crippen molar-refractivity contribution in [1.82, 2.24) is 9.62 Å². The monoisotopic (exact) mass is 365 g/mol. The van der Waals surface area contributed by atoms with Gasteiger partial charge in [0.15, 0.2) is 0 Å². The fourth-order valence-corrected chi connectivity index (χ4v) is 5.46. The molecule has 3 N–H and O–H groups in total. The molecule has 0 aromatic heterocycles. The highest BCUT2D eigenvalue weighted by molar-refractivity contribution is 7.89. The van der Waals surface area contributed by atoms with Crippen molar-refractivity contribution in [3.63, 3.8) is 0 Å². The van der Waals surface area contributed by atoms with Crippen LogP contribution in [-0.2, 0) is 14.8 Å². The van der Waals surface area contributed by atoms with Crippen LogP contribution in [0.1, 0.15) is 38.5 Å². The van der Waals surface area contributed by atoms with Gasteiger partial charge in [-0.2, -0.15) is 4.31 Å². The molecule has 1 atom stereocenters. The molecule has 6 nitrogen and oxygen atoms in total. The molecule has 0 bridgehead atoms. The van der Waals surface area contributed by atoms with Gasteiger partial charge in [-0.05, 0) is 37.8 Å². The van der Waals surface area contributed by atoms with Crippen molar-refractivity contribution >= 4 is 15.9 Å². The van der Waals surface area contributed by atoms with Crippen molar-refractivity contribution in [3.05, 3.63) is 30.3 Å². The van der Waals surface area contributed by atoms with Gasteiger partial charge in [0, 0.05) is 19.6 Å². The zero-order valence-electron chi connectivity index (χ0n) is 14.5. The Hall–Kier alpha value is -1.44. The number of nitrogens with two attached hydrogens (primary N) is 1. The highest BCUT2D eigenvalue weighted by atomic mass is 32.2. The maximum atomic E-state index is 12.8. The van der Waals surface area contributed by atoms with Gasteiger partial charge in [-0.3, -0.25) is 4.79 Å². The van der Waals surface area contributed by atoms with E-state index in [1.807, 2.05) is 0 Å². The van der Waals surface area contributed by atoms with Crippen LogP contribution < -0.4 is 11.1 Å². The molecule has 1 saturated heterocycles. The van der Waals surface area contributed by atoms with Crippen LogP contribution in [0.15, 0.2) is 35.2 Å². The van der Waals surface area contributed by atoms with Crippen molar-refractivity contribution < 1.29 is 13.2 Å². The molecule has 1 aliphatic carbocycles. The van der Waals surface area contributed by atoms with Gasteiger partial charge >= 0.3 is 0 Å². The maximum Gasteiger partial charge on any atom is 0.243 e. The van der Waals surface area contributed by atoms with Crippen molar-refractivity contribution in [2.24, 2.45) is 11.7 Å². The second kappa shape index (κ2) is 7.43. The van der Waals surface area contributed by atoms with E-state index in [4.69, 9.17) is 5.73 Å². The standard InChI is InChI=1S/C18H27N3O3S/c19-14-18(10-4-5-11-18)20-17(22)15-7-6-12-21(13-15)25(23,24)16-8-2-1-3-9-16/h1-3,8-9,15H,4-7,10-14,19H2,(H,20,22). The number of carbonyl (C=O) groups excluding carboxylic acids is 1. The number of hydrogen-bond acceptors (Lipinski definition) is 4. The zero-order chi connectivity index (χ0) is 17.9. The molecule has 1 amide bonds. The van der Waals surface area contributed by atoms with Crippen LogP contribution in [0.4, 0.5) is 0 Å². The SMILES string of the molecule is NCC1(NC(=O)C2CCCN(S(=O)(=O)c3ccccc3)C2)CCCC1. The summed E-state index contributed by atoms with van der Waals surface area (Å²) in [4.78, 5) is 13.0. The number of hydrogen-bond donors (Lipinski definition) is 2. The van der Waals surface area contributed by atoms with Crippen molar-refractivity contribution in [3.8, 4) is 0 Å². The Morgan fingerprint density at radius 1 is 1.20 bits per heavy atom. The predicted molar refractivity (Wildman–Crippen MR) is 96.3 cm³/mol. The minimum absolute atomic E-state index is 0.0553. The average Bonchev–Trinajstić information content (AvgIpc) is 3.11. The van der Waals surface area contributed by atoms with E-state index in [2.05, 4.69) is 5.32 Å². The largest absolute Gasteiger partial charge is 0.349 e. The molecule has 1 heterocycles. The van der Waals surface area contributed by atoms with Gasteiger partial charge in [-0.25, -0.2) is 8.42 Å². The molecule has 0 spiro atoms. The highest BCUT2D eigenvalue weighted by Gasteiger charge is 2.38. The number of nitrogens with one attached hydrogen (secondary N) is 1. The van der Waals surface area contributed by atoms with Crippen molar-refractivity contribution in [2.75, 3.05) is 19.6 Å². The van der Waals surface area contributed by atoms with Gasteiger partial charge in [-0.15, -0.1) is 0 Å². The summed E-state index contributed by atoms with van der Waals surface area (Å²) in [6.45, 7) is 1.14. The predicted octanol–water partition coefficient (Wildman–Crippen LogP) is 1.47. The summed E-state index contributed by atoms with van der Waals surface area (Å²) < 4.78 is 27.0. The summed E-state index contributed by atoms with van der Waals surface area (Å²) in [5, 5.41) is 3.14. The Morgan fingerprint density at radius 2 is 1.88 bits per heavy atom. The van der Waals surface area contributed by atoms with Gasteiger partial charge in [0.25, 0.3) is 0 Å². The van der Waals surface area contributed by atoms with Gasteiger partial charge in [0.2, 0.25) is 15.9 Å². The minimum atomic E-state index is -3.55. The molecule has 1 saturated carbocycles. The van der Waals surface area contributed by atoms with E-state index >= 15 is 0 Å². The molecule has 25 heavy (non-hydrogen) atoms. The second-order valence-electron chi connectivity index (χ2n) is 7.20. The van der Waals surface area contributed by atoms with Crippen LogP contribution in [-0.4, -0.2) is 43.8 Å². The summed E-state index contributed by atoms with van der Waals surface area (Å²) in [6.07, 6.45) is 5.39. The molecule has 1 aromatic rings. The molecule has 7 heteroatoms. The van der Waals surface area contributed by atoms with E-state index in [-0.39, 0.29) is 28.8 Å². The lowest BCUT2D eigenvalue weighted by Crippen LogP contribution is -2.55. The van der Waals surface area contributed by atoms with Gasteiger partial charge in [0.1, 0.15) is 0 Å². The van der Waals surface area contributed by atoms with E-state index in [0.29, 0.717) is 25.9 Å². The summed E-state index contributed by atoms with van der Waals surface area (Å²) in [7, 11) is -3.55. The first-order valence-electron chi connectivity index (χ1n) is 9.04. The highest BCUT2D eigenvalue weighted by Crippen LogP contribution is 2.30. The maximum absolute atomic E-state index is 12.8. The fourth-order valence-electron chi connectivity index (χ4n) is 3.91. The Labute approximate surface area is 149 Å². The average molecular weight is 365 g/mol. The summed E-state index contributed by atoms with van der Waals surface area (Å²) in [6, 6.07) is 8.42. The molecular weight excluding hydrogens is 338 g/mol. The molecule has 2 fully saturated rings. The Morgan fingerprint density at radius 3 is 2.52 bits per heavy atom. The number of benzene rings is 1. The number of carbonyl (C=O) groups is 1. The Kier molecular flexibility index (Phi) is 5.46. The quantitative estimate of drug-likeness (QED) is 0.826. The summed E-state index contributed by atoms with van der Waals surface area (Å²) >= 11 is 0. The third-order valence-electron chi connectivity index (χ3n) is 5.48. The van der Waals surface area contributed by atoms with Crippen LogP contribution in [0.5, 0.6) is 0 Å². The van der Waals surface area contributed by atoms with E-state index < -0.39 is 10.0 Å². The van der Waals surface area contributed by atoms with Crippen molar-refractivity contribution in [2.45, 2.75) is 49.0 Å². The lowest BCUT2D eigenvalue weighted by molar-refractivity contribution is -0.128. The topological polar surface area (TPSA) is 92.5 Å². The van der Waals surface area contributed by atoms with Gasteiger partial charge < -0.3 is 11.1 Å². The number of piperidine rings is 1. The van der Waals surface area contributed by atoms with Crippen LogP contribution in [0.3, 0.4) is 0 Å². The number of nitrogens with zero attached hydrogens (tertiary/aromatic N) is 1. The lowest BCUT2D eigenvalue weighted by Gasteiger charge is -2.35. The van der Waals surface area contributed by atoms with E-state index in [1.165, 1.54) is 4.31 Å². The van der Waals surface area contributed by atoms with E-state index in [9.17, 15) is 13.2 Å². The lowest BCUT2D eigenvalue weighted by atomic mass is 9.93. The Balaban J connectivity index is 1.70. The molecule has 138 valence electrons. The number of sulfonamides is 1. The normalized spacial score (nSPS) is 24.1. The molecular formula is C18H27N3O3S.